The standard InChI is InChI=1S/C30H35N7O2/c1-35-16-5-9-23(35)20-39-30-33-27-25(28(34-30)36-18-15-32-22(19-36)13-14-31)11-6-17-37(29(27)38)26-12-4-8-21-7-2-3-10-24(21)26/h2-4,7-8,10,12,22-23,32H,5-6,9,11,13,15-20H2,1H3/t22-,23-/m0/s1. The molecule has 2 aromatic carbocycles. The summed E-state index contributed by atoms with van der Waals surface area (Å²) in [6.45, 7) is 4.31. The van der Waals surface area contributed by atoms with Gasteiger partial charge in [-0.2, -0.15) is 15.2 Å². The number of rotatable bonds is 6. The van der Waals surface area contributed by atoms with Crippen LogP contribution in [0.4, 0.5) is 11.5 Å². The molecule has 4 heterocycles. The van der Waals surface area contributed by atoms with E-state index in [0.717, 1.165) is 66.7 Å². The van der Waals surface area contributed by atoms with E-state index in [1.165, 1.54) is 0 Å². The Balaban J connectivity index is 1.39. The summed E-state index contributed by atoms with van der Waals surface area (Å²) in [7, 11) is 2.12. The van der Waals surface area contributed by atoms with Crippen molar-refractivity contribution in [2.24, 2.45) is 0 Å². The maximum atomic E-state index is 14.2. The van der Waals surface area contributed by atoms with Crippen LogP contribution in [0.3, 0.4) is 0 Å². The summed E-state index contributed by atoms with van der Waals surface area (Å²) >= 11 is 0. The summed E-state index contributed by atoms with van der Waals surface area (Å²) in [6.07, 6.45) is 4.17. The van der Waals surface area contributed by atoms with Crippen LogP contribution in [-0.2, 0) is 6.42 Å². The summed E-state index contributed by atoms with van der Waals surface area (Å²) in [5.74, 6) is 0.654. The smallest absolute Gasteiger partial charge is 0.319 e. The first-order valence-electron chi connectivity index (χ1n) is 14.0. The van der Waals surface area contributed by atoms with Crippen LogP contribution in [0.1, 0.15) is 41.7 Å². The topological polar surface area (TPSA) is 97.6 Å². The molecule has 3 aliphatic heterocycles. The highest BCUT2D eigenvalue weighted by Crippen LogP contribution is 2.34. The van der Waals surface area contributed by atoms with E-state index in [9.17, 15) is 10.1 Å². The van der Waals surface area contributed by atoms with Crippen molar-refractivity contribution in [2.45, 2.75) is 44.2 Å². The molecular weight excluding hydrogens is 490 g/mol. The van der Waals surface area contributed by atoms with Crippen LogP contribution in [0, 0.1) is 11.3 Å². The van der Waals surface area contributed by atoms with Gasteiger partial charge in [0.15, 0.2) is 0 Å². The number of amides is 1. The Morgan fingerprint density at radius 2 is 1.97 bits per heavy atom. The van der Waals surface area contributed by atoms with Crippen LogP contribution in [0.2, 0.25) is 0 Å². The quantitative estimate of drug-likeness (QED) is 0.523. The van der Waals surface area contributed by atoms with Gasteiger partial charge in [-0.25, -0.2) is 0 Å². The predicted octanol–water partition coefficient (Wildman–Crippen LogP) is 3.39. The molecule has 0 bridgehead atoms. The number of anilines is 2. The van der Waals surface area contributed by atoms with Gasteiger partial charge in [0.25, 0.3) is 5.91 Å². The van der Waals surface area contributed by atoms with Gasteiger partial charge in [-0.1, -0.05) is 36.4 Å². The van der Waals surface area contributed by atoms with Crippen LogP contribution in [-0.4, -0.2) is 79.2 Å². The molecule has 39 heavy (non-hydrogen) atoms. The molecule has 0 spiro atoms. The highest BCUT2D eigenvalue weighted by Gasteiger charge is 2.33. The summed E-state index contributed by atoms with van der Waals surface area (Å²) in [4.78, 5) is 30.3. The van der Waals surface area contributed by atoms with E-state index in [4.69, 9.17) is 14.7 Å². The van der Waals surface area contributed by atoms with E-state index >= 15 is 0 Å². The number of aromatic nitrogens is 2. The number of nitrogens with zero attached hydrogens (tertiary/aromatic N) is 6. The lowest BCUT2D eigenvalue weighted by Gasteiger charge is -2.35. The van der Waals surface area contributed by atoms with Crippen molar-refractivity contribution in [3.05, 3.63) is 53.7 Å². The lowest BCUT2D eigenvalue weighted by Crippen LogP contribution is -2.51. The zero-order valence-electron chi connectivity index (χ0n) is 22.5. The number of likely N-dealkylation sites (N-methyl/N-ethyl adjacent to an activating group) is 1. The fourth-order valence-corrected chi connectivity index (χ4v) is 6.13. The van der Waals surface area contributed by atoms with Crippen molar-refractivity contribution in [3.8, 4) is 12.1 Å². The van der Waals surface area contributed by atoms with Crippen molar-refractivity contribution in [1.82, 2.24) is 20.2 Å². The largest absolute Gasteiger partial charge is 0.462 e. The van der Waals surface area contributed by atoms with Crippen LogP contribution in [0.25, 0.3) is 10.8 Å². The van der Waals surface area contributed by atoms with Crippen LogP contribution in [0.15, 0.2) is 42.5 Å². The predicted molar refractivity (Wildman–Crippen MR) is 151 cm³/mol. The van der Waals surface area contributed by atoms with Gasteiger partial charge in [-0.15, -0.1) is 0 Å². The second-order valence-corrected chi connectivity index (χ2v) is 10.8. The molecular formula is C30H35N7O2. The van der Waals surface area contributed by atoms with Crippen LogP contribution in [0.5, 0.6) is 6.01 Å². The Hall–Kier alpha value is -3.74. The number of hydrogen-bond donors (Lipinski definition) is 1. The van der Waals surface area contributed by atoms with Gasteiger partial charge >= 0.3 is 6.01 Å². The zero-order valence-corrected chi connectivity index (χ0v) is 22.5. The SMILES string of the molecule is CN1CCC[C@H]1COc1nc2c(c(N3CCN[C@@H](CC#N)C3)n1)CCCN(c1cccc3ccccc13)C2=O. The van der Waals surface area contributed by atoms with Gasteiger partial charge in [-0.3, -0.25) is 4.79 Å². The van der Waals surface area contributed by atoms with Gasteiger partial charge in [0.2, 0.25) is 0 Å². The maximum absolute atomic E-state index is 14.2. The van der Waals surface area contributed by atoms with Gasteiger partial charge in [-0.05, 0) is 50.7 Å². The molecule has 0 unspecified atom stereocenters. The lowest BCUT2D eigenvalue weighted by atomic mass is 10.1. The Bertz CT molecular complexity index is 1400. The van der Waals surface area contributed by atoms with Crippen molar-refractivity contribution in [1.29, 1.82) is 5.26 Å². The Kier molecular flexibility index (Phi) is 7.31. The Labute approximate surface area is 229 Å². The first kappa shape index (κ1) is 25.5. The number of nitriles is 1. The minimum Gasteiger partial charge on any atom is -0.462 e. The third kappa shape index (κ3) is 5.14. The minimum atomic E-state index is -0.117. The van der Waals surface area contributed by atoms with Gasteiger partial charge in [0, 0.05) is 49.2 Å². The first-order valence-corrected chi connectivity index (χ1v) is 14.0. The van der Waals surface area contributed by atoms with E-state index < -0.39 is 0 Å². The lowest BCUT2D eigenvalue weighted by molar-refractivity contribution is 0.0982. The number of ether oxygens (including phenoxy) is 1. The van der Waals surface area contributed by atoms with E-state index in [0.29, 0.717) is 44.3 Å². The third-order valence-corrected chi connectivity index (χ3v) is 8.25. The number of carbonyl (C=O) groups excluding carboxylic acids is 1. The molecule has 0 saturated carbocycles. The molecule has 0 radical (unpaired) electrons. The second-order valence-electron chi connectivity index (χ2n) is 10.8. The van der Waals surface area contributed by atoms with Crippen molar-refractivity contribution < 1.29 is 9.53 Å². The third-order valence-electron chi connectivity index (χ3n) is 8.25. The minimum absolute atomic E-state index is 0.0551. The molecule has 1 N–H and O–H groups in total. The molecule has 6 rings (SSSR count). The molecule has 3 aromatic rings. The van der Waals surface area contributed by atoms with E-state index in [2.05, 4.69) is 46.4 Å². The summed E-state index contributed by atoms with van der Waals surface area (Å²) in [6, 6.07) is 17.2. The van der Waals surface area contributed by atoms with Crippen LogP contribution >= 0.6 is 0 Å². The molecule has 9 heteroatoms. The average molecular weight is 526 g/mol. The van der Waals surface area contributed by atoms with Crippen molar-refractivity contribution >= 4 is 28.2 Å². The molecule has 0 aliphatic carbocycles. The normalized spacial score (nSPS) is 22.0. The average Bonchev–Trinajstić information content (AvgIpc) is 3.30. The second kappa shape index (κ2) is 11.2. The highest BCUT2D eigenvalue weighted by atomic mass is 16.5. The number of benzene rings is 2. The van der Waals surface area contributed by atoms with Gasteiger partial charge in [0.05, 0.1) is 18.2 Å². The van der Waals surface area contributed by atoms with E-state index in [-0.39, 0.29) is 18.0 Å². The fraction of sp³-hybridized carbons (Fsp3) is 0.467. The number of piperazine rings is 1. The molecule has 1 amide bonds. The summed E-state index contributed by atoms with van der Waals surface area (Å²) in [5, 5.41) is 14.9. The van der Waals surface area contributed by atoms with Crippen molar-refractivity contribution in [3.63, 3.8) is 0 Å². The number of likely N-dealkylation sites (tertiary alicyclic amines) is 1. The molecule has 2 atom stereocenters. The Morgan fingerprint density at radius 3 is 2.82 bits per heavy atom. The van der Waals surface area contributed by atoms with E-state index in [1.54, 1.807) is 0 Å². The number of carbonyl (C=O) groups is 1. The zero-order chi connectivity index (χ0) is 26.8. The molecule has 1 aromatic heterocycles. The summed E-state index contributed by atoms with van der Waals surface area (Å²) < 4.78 is 6.20. The number of nitrogens with one attached hydrogen (secondary N) is 1. The van der Waals surface area contributed by atoms with Gasteiger partial charge in [0.1, 0.15) is 18.1 Å². The fourth-order valence-electron chi connectivity index (χ4n) is 6.13. The molecule has 202 valence electrons. The number of hydrogen-bond acceptors (Lipinski definition) is 8. The number of fused-ring (bicyclic) bond motifs is 2. The molecule has 3 aliphatic rings. The first-order chi connectivity index (χ1) is 19.1. The van der Waals surface area contributed by atoms with E-state index in [1.807, 2.05) is 29.2 Å². The molecule has 9 nitrogen and oxygen atoms in total. The van der Waals surface area contributed by atoms with Gasteiger partial charge < -0.3 is 24.8 Å². The van der Waals surface area contributed by atoms with Crippen LogP contribution < -0.4 is 19.9 Å². The highest BCUT2D eigenvalue weighted by molar-refractivity contribution is 6.11. The maximum Gasteiger partial charge on any atom is 0.319 e. The molecule has 2 saturated heterocycles. The van der Waals surface area contributed by atoms with Crippen molar-refractivity contribution in [2.75, 3.05) is 56.2 Å². The monoisotopic (exact) mass is 525 g/mol. The molecule has 2 fully saturated rings. The Morgan fingerprint density at radius 1 is 1.10 bits per heavy atom. The summed E-state index contributed by atoms with van der Waals surface area (Å²) in [5.41, 5.74) is 2.21.